The van der Waals surface area contributed by atoms with Crippen LogP contribution in [0.15, 0.2) is 76.4 Å². The van der Waals surface area contributed by atoms with Gasteiger partial charge in [0.25, 0.3) is 11.1 Å². The van der Waals surface area contributed by atoms with E-state index in [1.807, 2.05) is 19.1 Å². The zero-order valence-corrected chi connectivity index (χ0v) is 15.4. The molecule has 0 aliphatic heterocycles. The third-order valence-corrected chi connectivity index (χ3v) is 4.99. The summed E-state index contributed by atoms with van der Waals surface area (Å²) >= 11 is 1.49. The average Bonchev–Trinajstić information content (AvgIpc) is 3.17. The van der Waals surface area contributed by atoms with Crippen LogP contribution in [0, 0.1) is 5.82 Å². The van der Waals surface area contributed by atoms with E-state index in [0.29, 0.717) is 16.9 Å². The van der Waals surface area contributed by atoms with E-state index in [-0.39, 0.29) is 5.82 Å². The molecular weight excluding hydrogens is 363 g/mol. The predicted molar refractivity (Wildman–Crippen MR) is 103 cm³/mol. The highest BCUT2D eigenvalue weighted by Gasteiger charge is 2.16. The molecule has 0 saturated heterocycles. The first kappa shape index (κ1) is 17.5. The lowest BCUT2D eigenvalue weighted by Gasteiger charge is -2.10. The maximum atomic E-state index is 13.0. The van der Waals surface area contributed by atoms with Gasteiger partial charge in [-0.05, 0) is 47.5 Å². The summed E-state index contributed by atoms with van der Waals surface area (Å²) in [5.74, 6) is 1.36. The Morgan fingerprint density at radius 2 is 1.78 bits per heavy atom. The van der Waals surface area contributed by atoms with Gasteiger partial charge < -0.3 is 9.15 Å². The van der Waals surface area contributed by atoms with E-state index in [4.69, 9.17) is 9.15 Å². The Morgan fingerprint density at radius 3 is 2.63 bits per heavy atom. The summed E-state index contributed by atoms with van der Waals surface area (Å²) in [6.45, 7) is 1.82. The minimum absolute atomic E-state index is 0.306. The second-order valence-corrected chi connectivity index (χ2v) is 6.97. The van der Waals surface area contributed by atoms with Gasteiger partial charge in [-0.1, -0.05) is 54.2 Å². The van der Waals surface area contributed by atoms with Crippen molar-refractivity contribution in [1.29, 1.82) is 0 Å². The normalized spacial score (nSPS) is 12.2. The molecule has 0 radical (unpaired) electrons. The van der Waals surface area contributed by atoms with E-state index in [9.17, 15) is 4.39 Å². The highest BCUT2D eigenvalue weighted by molar-refractivity contribution is 7.98. The molecule has 4 rings (SSSR count). The van der Waals surface area contributed by atoms with Gasteiger partial charge in [0.1, 0.15) is 11.6 Å². The fourth-order valence-electron chi connectivity index (χ4n) is 2.77. The number of nitrogens with zero attached hydrogens (tertiary/aromatic N) is 2. The van der Waals surface area contributed by atoms with Crippen LogP contribution >= 0.6 is 11.8 Å². The summed E-state index contributed by atoms with van der Waals surface area (Å²) in [5.41, 5.74) is 1.22. The van der Waals surface area contributed by atoms with Crippen LogP contribution < -0.4 is 4.74 Å². The Labute approximate surface area is 160 Å². The molecule has 0 aliphatic carbocycles. The third-order valence-electron chi connectivity index (χ3n) is 4.13. The summed E-state index contributed by atoms with van der Waals surface area (Å²) in [6, 6.07) is 20.4. The fourth-order valence-corrected chi connectivity index (χ4v) is 3.54. The molecule has 1 atom stereocenters. The van der Waals surface area contributed by atoms with E-state index in [2.05, 4.69) is 40.5 Å². The molecule has 27 heavy (non-hydrogen) atoms. The van der Waals surface area contributed by atoms with Gasteiger partial charge in [-0.15, -0.1) is 10.2 Å². The highest BCUT2D eigenvalue weighted by Crippen LogP contribution is 2.28. The molecule has 3 aromatic carbocycles. The number of hydrogen-bond donors (Lipinski definition) is 0. The molecule has 6 heteroatoms. The molecule has 4 aromatic rings. The molecule has 4 nitrogen and oxygen atoms in total. The van der Waals surface area contributed by atoms with Gasteiger partial charge in [-0.25, -0.2) is 4.39 Å². The first-order valence-electron chi connectivity index (χ1n) is 8.54. The zero-order valence-electron chi connectivity index (χ0n) is 14.6. The summed E-state index contributed by atoms with van der Waals surface area (Å²) in [4.78, 5) is 0. The van der Waals surface area contributed by atoms with Crippen LogP contribution in [-0.2, 0) is 5.75 Å². The van der Waals surface area contributed by atoms with Gasteiger partial charge in [0.15, 0.2) is 6.10 Å². The first-order valence-corrected chi connectivity index (χ1v) is 9.52. The summed E-state index contributed by atoms with van der Waals surface area (Å²) in [7, 11) is 0. The lowest BCUT2D eigenvalue weighted by molar-refractivity contribution is 0.181. The summed E-state index contributed by atoms with van der Waals surface area (Å²) in [6.07, 6.45) is -0.421. The quantitative estimate of drug-likeness (QED) is 0.396. The van der Waals surface area contributed by atoms with E-state index in [0.717, 1.165) is 5.75 Å². The number of ether oxygens (including phenoxy) is 1. The van der Waals surface area contributed by atoms with Gasteiger partial charge in [-0.2, -0.15) is 0 Å². The zero-order chi connectivity index (χ0) is 18.6. The minimum Gasteiger partial charge on any atom is -0.481 e. The average molecular weight is 380 g/mol. The van der Waals surface area contributed by atoms with Crippen molar-refractivity contribution in [2.75, 3.05) is 0 Å². The Balaban J connectivity index is 1.42. The number of aromatic nitrogens is 2. The van der Waals surface area contributed by atoms with Crippen LogP contribution in [0.1, 0.15) is 24.5 Å². The number of halogens is 1. The van der Waals surface area contributed by atoms with Crippen molar-refractivity contribution >= 4 is 22.5 Å². The molecule has 0 saturated carbocycles. The number of hydrogen-bond acceptors (Lipinski definition) is 5. The molecule has 0 N–H and O–H groups in total. The van der Waals surface area contributed by atoms with Crippen molar-refractivity contribution in [2.45, 2.75) is 24.0 Å². The Morgan fingerprint density at radius 1 is 1.00 bits per heavy atom. The summed E-state index contributed by atoms with van der Waals surface area (Å²) < 4.78 is 24.4. The van der Waals surface area contributed by atoms with Crippen molar-refractivity contribution in [3.8, 4) is 5.75 Å². The molecular formula is C21H17FN2O2S. The Hall–Kier alpha value is -2.86. The van der Waals surface area contributed by atoms with Gasteiger partial charge in [0.05, 0.1) is 0 Å². The molecule has 136 valence electrons. The van der Waals surface area contributed by atoms with Gasteiger partial charge in [-0.3, -0.25) is 0 Å². The Bertz CT molecular complexity index is 1040. The van der Waals surface area contributed by atoms with Crippen LogP contribution in [0.2, 0.25) is 0 Å². The molecule has 0 amide bonds. The van der Waals surface area contributed by atoms with Crippen molar-refractivity contribution in [3.05, 3.63) is 84.0 Å². The number of benzene rings is 3. The molecule has 1 heterocycles. The third kappa shape index (κ3) is 4.11. The van der Waals surface area contributed by atoms with Crippen LogP contribution in [-0.4, -0.2) is 10.2 Å². The maximum Gasteiger partial charge on any atom is 0.277 e. The van der Waals surface area contributed by atoms with Crippen LogP contribution in [0.3, 0.4) is 0 Å². The van der Waals surface area contributed by atoms with Crippen molar-refractivity contribution < 1.29 is 13.5 Å². The van der Waals surface area contributed by atoms with Crippen LogP contribution in [0.4, 0.5) is 4.39 Å². The lowest BCUT2D eigenvalue weighted by Crippen LogP contribution is -2.03. The van der Waals surface area contributed by atoms with Crippen molar-refractivity contribution in [3.63, 3.8) is 0 Å². The van der Waals surface area contributed by atoms with Crippen LogP contribution in [0.25, 0.3) is 10.8 Å². The largest absolute Gasteiger partial charge is 0.481 e. The molecule has 0 bridgehead atoms. The van der Waals surface area contributed by atoms with Crippen molar-refractivity contribution in [2.24, 2.45) is 0 Å². The first-order chi connectivity index (χ1) is 13.2. The molecule has 1 aromatic heterocycles. The lowest BCUT2D eigenvalue weighted by atomic mass is 10.1. The van der Waals surface area contributed by atoms with E-state index in [1.165, 1.54) is 40.2 Å². The fraction of sp³-hybridized carbons (Fsp3) is 0.143. The second kappa shape index (κ2) is 7.80. The smallest absolute Gasteiger partial charge is 0.277 e. The van der Waals surface area contributed by atoms with E-state index >= 15 is 0 Å². The number of fused-ring (bicyclic) bond motifs is 1. The molecule has 0 spiro atoms. The molecule has 0 fully saturated rings. The summed E-state index contributed by atoms with van der Waals surface area (Å²) in [5, 5.41) is 11.1. The topological polar surface area (TPSA) is 48.2 Å². The standard InChI is InChI=1S/C21H17FN2O2S/c1-14(25-18-11-9-17(22)10-12-18)20-23-24-21(26-20)27-13-16-7-4-6-15-5-2-3-8-19(15)16/h2-12,14H,13H2,1H3. The number of thioether (sulfide) groups is 1. The van der Waals surface area contributed by atoms with E-state index in [1.54, 1.807) is 12.1 Å². The van der Waals surface area contributed by atoms with Crippen LogP contribution in [0.5, 0.6) is 5.75 Å². The molecule has 1 unspecified atom stereocenters. The van der Waals surface area contributed by atoms with Gasteiger partial charge in [0, 0.05) is 5.75 Å². The monoisotopic (exact) mass is 380 g/mol. The SMILES string of the molecule is CC(Oc1ccc(F)cc1)c1nnc(SCc2cccc3ccccc23)o1. The second-order valence-electron chi connectivity index (χ2n) is 6.05. The number of rotatable bonds is 6. The van der Waals surface area contributed by atoms with E-state index < -0.39 is 6.10 Å². The van der Waals surface area contributed by atoms with Crippen molar-refractivity contribution in [1.82, 2.24) is 10.2 Å². The maximum absolute atomic E-state index is 13.0. The predicted octanol–water partition coefficient (Wildman–Crippen LogP) is 5.79. The molecule has 0 aliphatic rings. The van der Waals surface area contributed by atoms with Gasteiger partial charge >= 0.3 is 0 Å². The highest BCUT2D eigenvalue weighted by atomic mass is 32.2. The minimum atomic E-state index is -0.421. The van der Waals surface area contributed by atoms with Gasteiger partial charge in [0.2, 0.25) is 0 Å². The Kier molecular flexibility index (Phi) is 5.07.